The average molecular weight is 528 g/mol. The molecule has 1 N–H and O–H groups in total. The van der Waals surface area contributed by atoms with Crippen molar-refractivity contribution in [3.05, 3.63) is 53.6 Å². The standard InChI is InChI=1S/C20H19F6N3O3S2/c1-32-16-4-2-15(3-5-16)27-18(33)28-6-8-29(9-7-28)34(30,31)17-11-13(19(21,22)23)10-14(12-17)20(24,25)26/h2-5,10-12H,6-9H2,1H3,(H,27,33). The van der Waals surface area contributed by atoms with Gasteiger partial charge in [0.1, 0.15) is 5.75 Å². The molecular formula is C20H19F6N3O3S2. The van der Waals surface area contributed by atoms with Gasteiger partial charge in [-0.2, -0.15) is 30.6 Å². The van der Waals surface area contributed by atoms with Gasteiger partial charge >= 0.3 is 12.4 Å². The van der Waals surface area contributed by atoms with Crippen molar-refractivity contribution in [1.29, 1.82) is 0 Å². The van der Waals surface area contributed by atoms with E-state index in [1.165, 1.54) is 7.11 Å². The van der Waals surface area contributed by atoms with E-state index >= 15 is 0 Å². The molecule has 0 aromatic heterocycles. The highest BCUT2D eigenvalue weighted by atomic mass is 32.2. The monoisotopic (exact) mass is 527 g/mol. The van der Waals surface area contributed by atoms with Crippen molar-refractivity contribution < 1.29 is 39.5 Å². The Morgan fingerprint density at radius 1 is 0.912 bits per heavy atom. The lowest BCUT2D eigenvalue weighted by Crippen LogP contribution is -2.51. The van der Waals surface area contributed by atoms with Gasteiger partial charge in [0.15, 0.2) is 5.11 Å². The van der Waals surface area contributed by atoms with Crippen molar-refractivity contribution >= 4 is 33.0 Å². The lowest BCUT2D eigenvalue weighted by atomic mass is 10.1. The average Bonchev–Trinajstić information content (AvgIpc) is 2.78. The first-order valence-corrected chi connectivity index (χ1v) is 11.6. The van der Waals surface area contributed by atoms with E-state index in [0.29, 0.717) is 16.5 Å². The first-order chi connectivity index (χ1) is 15.7. The summed E-state index contributed by atoms with van der Waals surface area (Å²) in [5, 5.41) is 3.27. The molecular weight excluding hydrogens is 508 g/mol. The second-order valence-electron chi connectivity index (χ2n) is 7.29. The molecule has 0 aliphatic carbocycles. The Hall–Kier alpha value is -2.58. The van der Waals surface area contributed by atoms with Gasteiger partial charge in [0.2, 0.25) is 10.0 Å². The molecule has 1 heterocycles. The first-order valence-electron chi connectivity index (χ1n) is 9.71. The van der Waals surface area contributed by atoms with Gasteiger partial charge < -0.3 is 15.0 Å². The minimum absolute atomic E-state index is 0.0896. The smallest absolute Gasteiger partial charge is 0.416 e. The van der Waals surface area contributed by atoms with Gasteiger partial charge in [-0.3, -0.25) is 0 Å². The Labute approximate surface area is 197 Å². The van der Waals surface area contributed by atoms with Gasteiger partial charge in [-0.15, -0.1) is 0 Å². The molecule has 2 aromatic carbocycles. The summed E-state index contributed by atoms with van der Waals surface area (Å²) in [5.74, 6) is 0.638. The third-order valence-electron chi connectivity index (χ3n) is 5.07. The third kappa shape index (κ3) is 5.91. The Balaban J connectivity index is 1.74. The molecule has 6 nitrogen and oxygen atoms in total. The molecule has 34 heavy (non-hydrogen) atoms. The highest BCUT2D eigenvalue weighted by molar-refractivity contribution is 7.89. The van der Waals surface area contributed by atoms with E-state index in [1.807, 2.05) is 0 Å². The van der Waals surface area contributed by atoms with Crippen molar-refractivity contribution in [2.24, 2.45) is 0 Å². The molecule has 0 spiro atoms. The summed E-state index contributed by atoms with van der Waals surface area (Å²) in [4.78, 5) is 0.584. The quantitative estimate of drug-likeness (QED) is 0.469. The van der Waals surface area contributed by atoms with Gasteiger partial charge in [-0.25, -0.2) is 8.42 Å². The maximum absolute atomic E-state index is 13.1. The predicted molar refractivity (Wildman–Crippen MR) is 116 cm³/mol. The summed E-state index contributed by atoms with van der Waals surface area (Å²) < 4.78 is 110. The molecule has 0 saturated carbocycles. The van der Waals surface area contributed by atoms with Crippen LogP contribution in [0.2, 0.25) is 0 Å². The van der Waals surface area contributed by atoms with Gasteiger partial charge in [0, 0.05) is 31.9 Å². The number of nitrogens with one attached hydrogen (secondary N) is 1. The van der Waals surface area contributed by atoms with E-state index < -0.39 is 38.4 Å². The fourth-order valence-corrected chi connectivity index (χ4v) is 5.03. The minimum atomic E-state index is -5.15. The number of methoxy groups -OCH3 is 1. The summed E-state index contributed by atoms with van der Waals surface area (Å²) in [6.45, 7) is -0.173. The summed E-state index contributed by atoms with van der Waals surface area (Å²) >= 11 is 5.32. The molecule has 3 rings (SSSR count). The number of sulfonamides is 1. The molecule has 1 fully saturated rings. The van der Waals surface area contributed by atoms with Crippen LogP contribution in [0.3, 0.4) is 0 Å². The molecule has 0 amide bonds. The van der Waals surface area contributed by atoms with Gasteiger partial charge in [-0.05, 0) is 54.7 Å². The van der Waals surface area contributed by atoms with E-state index in [4.69, 9.17) is 17.0 Å². The number of hydrogen-bond donors (Lipinski definition) is 1. The SMILES string of the molecule is COc1ccc(NC(=S)N2CCN(S(=O)(=O)c3cc(C(F)(F)F)cc(C(F)(F)F)c3)CC2)cc1. The number of benzene rings is 2. The number of halogens is 6. The molecule has 1 saturated heterocycles. The summed E-state index contributed by atoms with van der Waals surface area (Å²) in [6.07, 6.45) is -10.3. The Kier molecular flexibility index (Phi) is 7.34. The Morgan fingerprint density at radius 2 is 1.41 bits per heavy atom. The Morgan fingerprint density at radius 3 is 1.85 bits per heavy atom. The van der Waals surface area contributed by atoms with Crippen LogP contribution in [-0.4, -0.2) is 56.0 Å². The van der Waals surface area contributed by atoms with Crippen LogP contribution >= 0.6 is 12.2 Å². The van der Waals surface area contributed by atoms with Crippen LogP contribution in [0.4, 0.5) is 32.0 Å². The largest absolute Gasteiger partial charge is 0.497 e. The number of piperazine rings is 1. The fraction of sp³-hybridized carbons (Fsp3) is 0.350. The van der Waals surface area contributed by atoms with Crippen molar-refractivity contribution in [3.8, 4) is 5.75 Å². The van der Waals surface area contributed by atoms with E-state index in [9.17, 15) is 34.8 Å². The second-order valence-corrected chi connectivity index (χ2v) is 9.62. The lowest BCUT2D eigenvalue weighted by Gasteiger charge is -2.35. The molecule has 1 aliphatic heterocycles. The normalized spacial score (nSPS) is 15.8. The zero-order chi connectivity index (χ0) is 25.3. The minimum Gasteiger partial charge on any atom is -0.497 e. The summed E-state index contributed by atoms with van der Waals surface area (Å²) in [6, 6.07) is 7.18. The number of rotatable bonds is 4. The summed E-state index contributed by atoms with van der Waals surface area (Å²) in [5.41, 5.74) is -2.72. The van der Waals surface area contributed by atoms with Crippen LogP contribution in [0.5, 0.6) is 5.75 Å². The van der Waals surface area contributed by atoms with Crippen LogP contribution in [0, 0.1) is 0 Å². The zero-order valence-electron chi connectivity index (χ0n) is 17.6. The molecule has 14 heteroatoms. The topological polar surface area (TPSA) is 61.9 Å². The van der Waals surface area contributed by atoms with Crippen molar-refractivity contribution in [2.75, 3.05) is 38.6 Å². The van der Waals surface area contributed by atoms with E-state index in [1.54, 1.807) is 29.2 Å². The van der Waals surface area contributed by atoms with E-state index in [0.717, 1.165) is 4.31 Å². The second kappa shape index (κ2) is 9.58. The highest BCUT2D eigenvalue weighted by Crippen LogP contribution is 2.37. The van der Waals surface area contributed by atoms with Crippen LogP contribution < -0.4 is 10.1 Å². The van der Waals surface area contributed by atoms with Crippen LogP contribution in [0.1, 0.15) is 11.1 Å². The molecule has 186 valence electrons. The molecule has 0 atom stereocenters. The predicted octanol–water partition coefficient (Wildman–Crippen LogP) is 4.44. The van der Waals surface area contributed by atoms with Gasteiger partial charge in [0.05, 0.1) is 23.1 Å². The van der Waals surface area contributed by atoms with Crippen LogP contribution in [0.15, 0.2) is 47.4 Å². The lowest BCUT2D eigenvalue weighted by molar-refractivity contribution is -0.143. The molecule has 0 unspecified atom stereocenters. The van der Waals surface area contributed by atoms with Crippen molar-refractivity contribution in [2.45, 2.75) is 17.2 Å². The molecule has 2 aromatic rings. The van der Waals surface area contributed by atoms with E-state index in [2.05, 4.69) is 5.32 Å². The van der Waals surface area contributed by atoms with E-state index in [-0.39, 0.29) is 44.4 Å². The highest BCUT2D eigenvalue weighted by Gasteiger charge is 2.39. The summed E-state index contributed by atoms with van der Waals surface area (Å²) in [7, 11) is -3.10. The first kappa shape index (κ1) is 26.0. The number of anilines is 1. The third-order valence-corrected chi connectivity index (χ3v) is 7.30. The zero-order valence-corrected chi connectivity index (χ0v) is 19.2. The van der Waals surface area contributed by atoms with Crippen molar-refractivity contribution in [3.63, 3.8) is 0 Å². The number of alkyl halides is 6. The van der Waals surface area contributed by atoms with Gasteiger partial charge in [0.25, 0.3) is 0 Å². The number of ether oxygens (including phenoxy) is 1. The number of hydrogen-bond acceptors (Lipinski definition) is 4. The van der Waals surface area contributed by atoms with Gasteiger partial charge in [-0.1, -0.05) is 0 Å². The fourth-order valence-electron chi connectivity index (χ4n) is 3.23. The number of thiocarbonyl (C=S) groups is 1. The maximum atomic E-state index is 13.1. The maximum Gasteiger partial charge on any atom is 0.416 e. The Bertz CT molecular complexity index is 1110. The number of nitrogens with zero attached hydrogens (tertiary/aromatic N) is 2. The molecule has 0 bridgehead atoms. The van der Waals surface area contributed by atoms with Crippen LogP contribution in [0.25, 0.3) is 0 Å². The van der Waals surface area contributed by atoms with Crippen molar-refractivity contribution in [1.82, 2.24) is 9.21 Å². The van der Waals surface area contributed by atoms with Crippen LogP contribution in [-0.2, 0) is 22.4 Å². The molecule has 1 aliphatic rings. The molecule has 0 radical (unpaired) electrons.